The summed E-state index contributed by atoms with van der Waals surface area (Å²) in [5.41, 5.74) is 1.49. The van der Waals surface area contributed by atoms with Gasteiger partial charge in [-0.05, 0) is 60.2 Å². The molecule has 0 aliphatic heterocycles. The minimum atomic E-state index is -0.594. The Morgan fingerprint density at radius 2 is 1.59 bits per heavy atom. The highest BCUT2D eigenvalue weighted by atomic mass is 79.9. The molecule has 0 bridgehead atoms. The van der Waals surface area contributed by atoms with E-state index in [0.717, 1.165) is 15.8 Å². The van der Waals surface area contributed by atoms with Gasteiger partial charge in [-0.15, -0.1) is 0 Å². The molecule has 7 heteroatoms. The van der Waals surface area contributed by atoms with E-state index in [-0.39, 0.29) is 10.6 Å². The van der Waals surface area contributed by atoms with Crippen molar-refractivity contribution in [3.63, 3.8) is 0 Å². The first kappa shape index (κ1) is 21.4. The third kappa shape index (κ3) is 6.07. The molecule has 0 N–H and O–H groups in total. The molecule has 0 aromatic heterocycles. The monoisotopic (exact) mass is 492 g/mol. The summed E-state index contributed by atoms with van der Waals surface area (Å²) in [4.78, 5) is 24.4. The molecule has 0 saturated carbocycles. The number of Topliss-reactive ketones (excluding diaryl/α,β-unsaturated/α-hetero) is 1. The summed E-state index contributed by atoms with van der Waals surface area (Å²) < 4.78 is 11.8. The number of ketones is 1. The zero-order chi connectivity index (χ0) is 20.8. The van der Waals surface area contributed by atoms with Crippen LogP contribution in [-0.4, -0.2) is 18.4 Å². The highest BCUT2D eigenvalue weighted by Gasteiger charge is 2.14. The molecule has 0 fully saturated rings. The van der Waals surface area contributed by atoms with Gasteiger partial charge in [0.25, 0.3) is 0 Å². The van der Waals surface area contributed by atoms with Gasteiger partial charge in [0.2, 0.25) is 5.78 Å². The van der Waals surface area contributed by atoms with Crippen molar-refractivity contribution in [2.24, 2.45) is 0 Å². The largest absolute Gasteiger partial charge is 0.489 e. The quantitative estimate of drug-likeness (QED) is 0.283. The van der Waals surface area contributed by atoms with Crippen LogP contribution in [0.15, 0.2) is 71.2 Å². The lowest BCUT2D eigenvalue weighted by Crippen LogP contribution is -2.14. The van der Waals surface area contributed by atoms with Crippen molar-refractivity contribution in [1.82, 2.24) is 0 Å². The molecule has 3 rings (SSSR count). The van der Waals surface area contributed by atoms with E-state index in [2.05, 4.69) is 15.9 Å². The van der Waals surface area contributed by atoms with Crippen molar-refractivity contribution in [2.75, 3.05) is 6.61 Å². The molecule has 3 aromatic rings. The molecule has 0 aliphatic rings. The zero-order valence-corrected chi connectivity index (χ0v) is 18.1. The molecule has 3 aromatic carbocycles. The number of halogens is 3. The molecule has 0 spiro atoms. The molecule has 0 heterocycles. The minimum absolute atomic E-state index is 0.216. The van der Waals surface area contributed by atoms with Crippen LogP contribution in [0.25, 0.3) is 0 Å². The fourth-order valence-electron chi connectivity index (χ4n) is 2.44. The average Bonchev–Trinajstić information content (AvgIpc) is 2.72. The average molecular weight is 494 g/mol. The molecule has 0 amide bonds. The molecule has 0 atom stereocenters. The topological polar surface area (TPSA) is 52.6 Å². The molecule has 29 heavy (non-hydrogen) atoms. The first-order valence-corrected chi connectivity index (χ1v) is 10.1. The molecular weight excluding hydrogens is 479 g/mol. The lowest BCUT2D eigenvalue weighted by Gasteiger charge is -2.08. The van der Waals surface area contributed by atoms with Crippen molar-refractivity contribution in [3.05, 3.63) is 97.9 Å². The summed E-state index contributed by atoms with van der Waals surface area (Å²) in [7, 11) is 0. The highest BCUT2D eigenvalue weighted by molar-refractivity contribution is 9.10. The van der Waals surface area contributed by atoms with Gasteiger partial charge < -0.3 is 9.47 Å². The van der Waals surface area contributed by atoms with E-state index in [1.807, 2.05) is 24.3 Å². The minimum Gasteiger partial charge on any atom is -0.489 e. The first-order chi connectivity index (χ1) is 13.9. The van der Waals surface area contributed by atoms with Gasteiger partial charge in [-0.25, -0.2) is 4.79 Å². The summed E-state index contributed by atoms with van der Waals surface area (Å²) in [6, 6.07) is 18.8. The van der Waals surface area contributed by atoms with Gasteiger partial charge in [0.15, 0.2) is 6.61 Å². The second kappa shape index (κ2) is 9.92. The van der Waals surface area contributed by atoms with Crippen molar-refractivity contribution in [1.29, 1.82) is 0 Å². The number of hydrogen-bond donors (Lipinski definition) is 0. The predicted octanol–water partition coefficient (Wildman–Crippen LogP) is 6.37. The number of ether oxygens (including phenoxy) is 2. The molecular formula is C22H15BrCl2O4. The fraction of sp³-hybridized carbons (Fsp3) is 0.0909. The standard InChI is InChI=1S/C22H15BrCl2O4/c23-16-5-8-18(9-6-16)28-12-14-1-3-15(4-2-14)22(27)29-13-21(26)19-10-7-17(24)11-20(19)25/h1-11H,12-13H2. The van der Waals surface area contributed by atoms with Crippen LogP contribution in [0.4, 0.5) is 0 Å². The molecule has 0 aliphatic carbocycles. The summed E-state index contributed by atoms with van der Waals surface area (Å²) in [6.45, 7) is -0.0425. The number of carbonyl (C=O) groups is 2. The van der Waals surface area contributed by atoms with Crippen LogP contribution in [-0.2, 0) is 11.3 Å². The highest BCUT2D eigenvalue weighted by Crippen LogP contribution is 2.22. The smallest absolute Gasteiger partial charge is 0.338 e. The lowest BCUT2D eigenvalue weighted by atomic mass is 10.1. The maximum absolute atomic E-state index is 12.2. The maximum Gasteiger partial charge on any atom is 0.338 e. The molecule has 0 saturated heterocycles. The normalized spacial score (nSPS) is 10.4. The van der Waals surface area contributed by atoms with Crippen LogP contribution in [0.5, 0.6) is 5.75 Å². The van der Waals surface area contributed by atoms with Crippen molar-refractivity contribution in [2.45, 2.75) is 6.61 Å². The second-order valence-electron chi connectivity index (χ2n) is 6.06. The summed E-state index contributed by atoms with van der Waals surface area (Å²) in [5.74, 6) is -0.251. The summed E-state index contributed by atoms with van der Waals surface area (Å²) >= 11 is 15.2. The Labute approximate surface area is 186 Å². The Bertz CT molecular complexity index is 1020. The van der Waals surface area contributed by atoms with Crippen LogP contribution in [0, 0.1) is 0 Å². The Hall–Kier alpha value is -2.34. The second-order valence-corrected chi connectivity index (χ2v) is 7.82. The summed E-state index contributed by atoms with van der Waals surface area (Å²) in [6.07, 6.45) is 0. The number of benzene rings is 3. The number of rotatable bonds is 7. The van der Waals surface area contributed by atoms with Crippen molar-refractivity contribution < 1.29 is 19.1 Å². The van der Waals surface area contributed by atoms with Crippen LogP contribution >= 0.6 is 39.1 Å². The van der Waals surface area contributed by atoms with E-state index in [1.165, 1.54) is 12.1 Å². The molecule has 4 nitrogen and oxygen atoms in total. The molecule has 0 unspecified atom stereocenters. The Kier molecular flexibility index (Phi) is 7.31. The third-order valence-corrected chi connectivity index (χ3v) is 5.05. The van der Waals surface area contributed by atoms with E-state index in [9.17, 15) is 9.59 Å². The van der Waals surface area contributed by atoms with Crippen LogP contribution in [0.1, 0.15) is 26.3 Å². The van der Waals surface area contributed by atoms with Gasteiger partial charge in [0.1, 0.15) is 12.4 Å². The van der Waals surface area contributed by atoms with E-state index >= 15 is 0 Å². The number of hydrogen-bond acceptors (Lipinski definition) is 4. The molecule has 148 valence electrons. The van der Waals surface area contributed by atoms with Gasteiger partial charge in [-0.1, -0.05) is 51.3 Å². The van der Waals surface area contributed by atoms with Crippen molar-refractivity contribution in [3.8, 4) is 5.75 Å². The fourth-order valence-corrected chi connectivity index (χ4v) is 3.22. The van der Waals surface area contributed by atoms with Crippen LogP contribution in [0.3, 0.4) is 0 Å². The van der Waals surface area contributed by atoms with E-state index in [0.29, 0.717) is 17.2 Å². The summed E-state index contributed by atoms with van der Waals surface area (Å²) in [5, 5.41) is 0.640. The Morgan fingerprint density at radius 1 is 0.897 bits per heavy atom. The Balaban J connectivity index is 1.53. The maximum atomic E-state index is 12.2. The van der Waals surface area contributed by atoms with Crippen molar-refractivity contribution >= 4 is 50.9 Å². The molecule has 0 radical (unpaired) electrons. The lowest BCUT2D eigenvalue weighted by molar-refractivity contribution is 0.0474. The number of carbonyl (C=O) groups excluding carboxylic acids is 2. The zero-order valence-electron chi connectivity index (χ0n) is 15.0. The van der Waals surface area contributed by atoms with Gasteiger partial charge in [-0.3, -0.25) is 4.79 Å². The van der Waals surface area contributed by atoms with Gasteiger partial charge in [-0.2, -0.15) is 0 Å². The van der Waals surface area contributed by atoms with Gasteiger partial charge >= 0.3 is 5.97 Å². The van der Waals surface area contributed by atoms with Crippen LogP contribution < -0.4 is 4.74 Å². The number of esters is 1. The predicted molar refractivity (Wildman–Crippen MR) is 116 cm³/mol. The Morgan fingerprint density at radius 3 is 2.24 bits per heavy atom. The van der Waals surface area contributed by atoms with Crippen LogP contribution in [0.2, 0.25) is 10.0 Å². The van der Waals surface area contributed by atoms with E-state index in [4.69, 9.17) is 32.7 Å². The van der Waals surface area contributed by atoms with E-state index < -0.39 is 18.4 Å². The van der Waals surface area contributed by atoms with Gasteiger partial charge in [0.05, 0.1) is 10.6 Å². The van der Waals surface area contributed by atoms with E-state index in [1.54, 1.807) is 30.3 Å². The van der Waals surface area contributed by atoms with Gasteiger partial charge in [0, 0.05) is 15.1 Å². The SMILES string of the molecule is O=C(OCC(=O)c1ccc(Cl)cc1Cl)c1ccc(COc2ccc(Br)cc2)cc1. The first-order valence-electron chi connectivity index (χ1n) is 8.55. The third-order valence-electron chi connectivity index (χ3n) is 3.97.